The summed E-state index contributed by atoms with van der Waals surface area (Å²) in [5, 5.41) is 4.61. The molecule has 0 saturated carbocycles. The van der Waals surface area contributed by atoms with Gasteiger partial charge in [-0.2, -0.15) is 0 Å². The minimum atomic E-state index is -1.20. The van der Waals surface area contributed by atoms with Gasteiger partial charge in [-0.1, -0.05) is 36.4 Å². The Balaban J connectivity index is 1.47. The van der Waals surface area contributed by atoms with Crippen LogP contribution in [-0.2, 0) is 16.1 Å². The number of urea groups is 1. The van der Waals surface area contributed by atoms with Gasteiger partial charge in [-0.25, -0.2) is 9.59 Å². The van der Waals surface area contributed by atoms with Gasteiger partial charge >= 0.3 is 12.0 Å². The first-order valence-electron chi connectivity index (χ1n) is 9.15. The standard InChI is InChI=1S/C22H20N2O6/c1-15(20(25)24-22(27)23-16-8-4-2-5-9-16)29-21(26)19-13-12-18(30-19)14-28-17-10-6-3-7-11-17/h2-13,15H,14H2,1H3,(H2,23,24,25,27). The second-order valence-corrected chi connectivity index (χ2v) is 6.22. The maximum Gasteiger partial charge on any atom is 0.375 e. The minimum Gasteiger partial charge on any atom is -0.486 e. The third-order valence-corrected chi connectivity index (χ3v) is 3.91. The molecular weight excluding hydrogens is 388 g/mol. The average Bonchev–Trinajstić information content (AvgIpc) is 3.23. The van der Waals surface area contributed by atoms with Gasteiger partial charge in [0.25, 0.3) is 5.91 Å². The highest BCUT2D eigenvalue weighted by atomic mass is 16.6. The monoisotopic (exact) mass is 408 g/mol. The summed E-state index contributed by atoms with van der Waals surface area (Å²) < 4.78 is 16.0. The zero-order chi connectivity index (χ0) is 21.3. The second-order valence-electron chi connectivity index (χ2n) is 6.22. The van der Waals surface area contributed by atoms with Gasteiger partial charge in [-0.15, -0.1) is 0 Å². The van der Waals surface area contributed by atoms with Crippen LogP contribution in [0.4, 0.5) is 10.5 Å². The maximum atomic E-state index is 12.2. The molecule has 8 heteroatoms. The van der Waals surface area contributed by atoms with Crippen LogP contribution in [0.2, 0.25) is 0 Å². The number of amides is 3. The molecule has 3 rings (SSSR count). The molecule has 1 aromatic heterocycles. The van der Waals surface area contributed by atoms with Crippen molar-refractivity contribution in [2.24, 2.45) is 0 Å². The number of hydrogen-bond acceptors (Lipinski definition) is 6. The Morgan fingerprint density at radius 1 is 0.933 bits per heavy atom. The van der Waals surface area contributed by atoms with Gasteiger partial charge in [0.05, 0.1) is 0 Å². The summed E-state index contributed by atoms with van der Waals surface area (Å²) in [5.74, 6) is -0.583. The number of anilines is 1. The van der Waals surface area contributed by atoms with E-state index in [0.717, 1.165) is 0 Å². The van der Waals surface area contributed by atoms with Crippen LogP contribution in [0.3, 0.4) is 0 Å². The van der Waals surface area contributed by atoms with E-state index < -0.39 is 24.0 Å². The van der Waals surface area contributed by atoms with Crippen LogP contribution in [0.25, 0.3) is 0 Å². The molecule has 1 heterocycles. The number of carbonyl (C=O) groups is 3. The molecule has 154 valence electrons. The molecule has 8 nitrogen and oxygen atoms in total. The third-order valence-electron chi connectivity index (χ3n) is 3.91. The quantitative estimate of drug-likeness (QED) is 0.577. The number of ether oxygens (including phenoxy) is 2. The lowest BCUT2D eigenvalue weighted by Crippen LogP contribution is -2.41. The van der Waals surface area contributed by atoms with Crippen molar-refractivity contribution in [2.45, 2.75) is 19.6 Å². The fourth-order valence-electron chi connectivity index (χ4n) is 2.41. The molecule has 0 radical (unpaired) electrons. The van der Waals surface area contributed by atoms with E-state index in [1.165, 1.54) is 13.0 Å². The summed E-state index contributed by atoms with van der Waals surface area (Å²) in [7, 11) is 0. The summed E-state index contributed by atoms with van der Waals surface area (Å²) in [5.41, 5.74) is 0.522. The molecule has 2 N–H and O–H groups in total. The molecule has 0 spiro atoms. The minimum absolute atomic E-state index is 0.0740. The summed E-state index contributed by atoms with van der Waals surface area (Å²) in [4.78, 5) is 36.1. The Hall–Kier alpha value is -4.07. The summed E-state index contributed by atoms with van der Waals surface area (Å²) in [6, 6.07) is 20.0. The average molecular weight is 408 g/mol. The smallest absolute Gasteiger partial charge is 0.375 e. The Labute approximate surface area is 172 Å². The number of esters is 1. The van der Waals surface area contributed by atoms with Crippen molar-refractivity contribution in [1.29, 1.82) is 0 Å². The van der Waals surface area contributed by atoms with Gasteiger partial charge in [0.1, 0.15) is 18.1 Å². The van der Waals surface area contributed by atoms with Gasteiger partial charge in [0.15, 0.2) is 6.10 Å². The van der Waals surface area contributed by atoms with Crippen LogP contribution in [0.5, 0.6) is 5.75 Å². The highest BCUT2D eigenvalue weighted by molar-refractivity contribution is 6.03. The molecule has 0 saturated heterocycles. The molecule has 1 unspecified atom stereocenters. The van der Waals surface area contributed by atoms with Crippen molar-refractivity contribution in [3.8, 4) is 5.75 Å². The lowest BCUT2D eigenvalue weighted by Gasteiger charge is -2.12. The number of nitrogens with one attached hydrogen (secondary N) is 2. The van der Waals surface area contributed by atoms with Crippen LogP contribution >= 0.6 is 0 Å². The number of benzene rings is 2. The first kappa shape index (κ1) is 20.7. The van der Waals surface area contributed by atoms with E-state index in [9.17, 15) is 14.4 Å². The predicted molar refractivity (Wildman–Crippen MR) is 108 cm³/mol. The molecule has 2 aromatic carbocycles. The lowest BCUT2D eigenvalue weighted by molar-refractivity contribution is -0.127. The Kier molecular flexibility index (Phi) is 6.83. The fraction of sp³-hybridized carbons (Fsp3) is 0.136. The molecule has 1 atom stereocenters. The van der Waals surface area contributed by atoms with Gasteiger partial charge in [0, 0.05) is 5.69 Å². The first-order valence-corrected chi connectivity index (χ1v) is 9.15. The predicted octanol–water partition coefficient (Wildman–Crippen LogP) is 3.75. The molecule has 30 heavy (non-hydrogen) atoms. The molecule has 0 aliphatic carbocycles. The van der Waals surface area contributed by atoms with Gasteiger partial charge in [-0.05, 0) is 43.3 Å². The topological polar surface area (TPSA) is 107 Å². The van der Waals surface area contributed by atoms with E-state index in [4.69, 9.17) is 13.9 Å². The largest absolute Gasteiger partial charge is 0.486 e. The molecule has 0 aliphatic heterocycles. The van der Waals surface area contributed by atoms with Crippen molar-refractivity contribution < 1.29 is 28.3 Å². The lowest BCUT2D eigenvalue weighted by atomic mass is 10.3. The van der Waals surface area contributed by atoms with Gasteiger partial charge < -0.3 is 19.2 Å². The van der Waals surface area contributed by atoms with E-state index in [2.05, 4.69) is 10.6 Å². The number of hydrogen-bond donors (Lipinski definition) is 2. The Morgan fingerprint density at radius 3 is 2.30 bits per heavy atom. The van der Waals surface area contributed by atoms with Crippen LogP contribution in [0, 0.1) is 0 Å². The number of rotatable bonds is 7. The van der Waals surface area contributed by atoms with E-state index in [0.29, 0.717) is 17.2 Å². The van der Waals surface area contributed by atoms with Gasteiger partial charge in [0.2, 0.25) is 5.76 Å². The summed E-state index contributed by atoms with van der Waals surface area (Å²) in [6.07, 6.45) is -1.20. The normalized spacial score (nSPS) is 11.2. The van der Waals surface area contributed by atoms with Crippen LogP contribution < -0.4 is 15.4 Å². The van der Waals surface area contributed by atoms with Crippen LogP contribution in [0.15, 0.2) is 77.2 Å². The number of imide groups is 1. The van der Waals surface area contributed by atoms with Gasteiger partial charge in [-0.3, -0.25) is 10.1 Å². The zero-order valence-electron chi connectivity index (χ0n) is 16.2. The first-order chi connectivity index (χ1) is 14.5. The van der Waals surface area contributed by atoms with Crippen molar-refractivity contribution in [1.82, 2.24) is 5.32 Å². The Morgan fingerprint density at radius 2 is 1.60 bits per heavy atom. The molecule has 3 aromatic rings. The van der Waals surface area contributed by atoms with Crippen molar-refractivity contribution in [3.05, 3.63) is 84.3 Å². The summed E-state index contributed by atoms with van der Waals surface area (Å²) >= 11 is 0. The van der Waals surface area contributed by atoms with E-state index in [1.807, 2.05) is 18.2 Å². The second kappa shape index (κ2) is 9.92. The SMILES string of the molecule is CC(OC(=O)c1ccc(COc2ccccc2)o1)C(=O)NC(=O)Nc1ccccc1. The molecule has 0 fully saturated rings. The van der Waals surface area contributed by atoms with Crippen LogP contribution in [0.1, 0.15) is 23.2 Å². The molecule has 3 amide bonds. The van der Waals surface area contributed by atoms with E-state index in [1.54, 1.807) is 48.5 Å². The number of para-hydroxylation sites is 2. The van der Waals surface area contributed by atoms with Crippen LogP contribution in [-0.4, -0.2) is 24.0 Å². The third kappa shape index (κ3) is 5.96. The molecule has 0 aliphatic rings. The fourth-order valence-corrected chi connectivity index (χ4v) is 2.41. The summed E-state index contributed by atoms with van der Waals surface area (Å²) in [6.45, 7) is 1.48. The highest BCUT2D eigenvalue weighted by Crippen LogP contribution is 2.15. The number of carbonyl (C=O) groups excluding carboxylic acids is 3. The van der Waals surface area contributed by atoms with Crippen molar-refractivity contribution in [3.63, 3.8) is 0 Å². The molecule has 0 bridgehead atoms. The van der Waals surface area contributed by atoms with Crippen molar-refractivity contribution >= 4 is 23.6 Å². The number of furan rings is 1. The highest BCUT2D eigenvalue weighted by Gasteiger charge is 2.22. The molecular formula is C22H20N2O6. The Bertz CT molecular complexity index is 1000. The van der Waals surface area contributed by atoms with Crippen molar-refractivity contribution in [2.75, 3.05) is 5.32 Å². The zero-order valence-corrected chi connectivity index (χ0v) is 16.2. The maximum absolute atomic E-state index is 12.2. The van der Waals surface area contributed by atoms with E-state index >= 15 is 0 Å². The van der Waals surface area contributed by atoms with E-state index in [-0.39, 0.29) is 12.4 Å².